The van der Waals surface area contributed by atoms with E-state index in [1.165, 1.54) is 0 Å². The van der Waals surface area contributed by atoms with Gasteiger partial charge < -0.3 is 10.1 Å². The summed E-state index contributed by atoms with van der Waals surface area (Å²) in [6, 6.07) is 2.72. The van der Waals surface area contributed by atoms with E-state index in [4.69, 9.17) is 5.11 Å². The SMILES string of the molecule is CC(C)c1cc(O)cc(=O)[nH]1. The second kappa shape index (κ2) is 2.78. The summed E-state index contributed by atoms with van der Waals surface area (Å²) >= 11 is 0. The minimum absolute atomic E-state index is 0.0254. The fourth-order valence-corrected chi connectivity index (χ4v) is 0.861. The Hall–Kier alpha value is -1.25. The highest BCUT2D eigenvalue weighted by molar-refractivity contribution is 5.22. The Labute approximate surface area is 64.7 Å². The van der Waals surface area contributed by atoms with Crippen molar-refractivity contribution in [2.24, 2.45) is 0 Å². The zero-order chi connectivity index (χ0) is 8.43. The second-order valence-corrected chi connectivity index (χ2v) is 2.81. The van der Waals surface area contributed by atoms with Crippen LogP contribution in [0.25, 0.3) is 0 Å². The number of rotatable bonds is 1. The highest BCUT2D eigenvalue weighted by Gasteiger charge is 2.00. The monoisotopic (exact) mass is 153 g/mol. The molecule has 0 aromatic carbocycles. The summed E-state index contributed by atoms with van der Waals surface area (Å²) in [7, 11) is 0. The van der Waals surface area contributed by atoms with Gasteiger partial charge in [-0.1, -0.05) is 13.8 Å². The normalized spacial score (nSPS) is 10.5. The van der Waals surface area contributed by atoms with Crippen molar-refractivity contribution in [3.63, 3.8) is 0 Å². The molecule has 1 heterocycles. The summed E-state index contributed by atoms with van der Waals surface area (Å²) < 4.78 is 0. The largest absolute Gasteiger partial charge is 0.508 e. The Morgan fingerprint density at radius 3 is 2.55 bits per heavy atom. The lowest BCUT2D eigenvalue weighted by Gasteiger charge is -2.03. The van der Waals surface area contributed by atoms with Gasteiger partial charge in [0.1, 0.15) is 5.75 Å². The fraction of sp³-hybridized carbons (Fsp3) is 0.375. The number of aromatic amines is 1. The van der Waals surface area contributed by atoms with Crippen LogP contribution in [0.15, 0.2) is 16.9 Å². The van der Waals surface area contributed by atoms with Crippen molar-refractivity contribution in [3.8, 4) is 5.75 Å². The summed E-state index contributed by atoms with van der Waals surface area (Å²) in [5.74, 6) is 0.257. The number of aromatic nitrogens is 1. The molecule has 0 fully saturated rings. The minimum atomic E-state index is -0.256. The molecule has 0 radical (unpaired) electrons. The Bertz CT molecular complexity index is 301. The molecule has 0 amide bonds. The van der Waals surface area contributed by atoms with Crippen LogP contribution in [0.3, 0.4) is 0 Å². The van der Waals surface area contributed by atoms with Crippen LogP contribution < -0.4 is 5.56 Å². The van der Waals surface area contributed by atoms with Crippen LogP contribution in [0, 0.1) is 0 Å². The molecule has 11 heavy (non-hydrogen) atoms. The quantitative estimate of drug-likeness (QED) is 0.637. The van der Waals surface area contributed by atoms with Crippen LogP contribution in [-0.2, 0) is 0 Å². The van der Waals surface area contributed by atoms with Crippen LogP contribution in [-0.4, -0.2) is 10.1 Å². The first-order valence-electron chi connectivity index (χ1n) is 3.53. The lowest BCUT2D eigenvalue weighted by atomic mass is 10.1. The topological polar surface area (TPSA) is 53.1 Å². The van der Waals surface area contributed by atoms with Crippen LogP contribution in [0.1, 0.15) is 25.5 Å². The van der Waals surface area contributed by atoms with Crippen molar-refractivity contribution in [2.45, 2.75) is 19.8 Å². The maximum Gasteiger partial charge on any atom is 0.251 e. The van der Waals surface area contributed by atoms with Gasteiger partial charge in [0.2, 0.25) is 0 Å². The predicted octanol–water partition coefficient (Wildman–Crippen LogP) is 1.20. The van der Waals surface area contributed by atoms with Gasteiger partial charge in [0.05, 0.1) is 0 Å². The molecule has 2 N–H and O–H groups in total. The van der Waals surface area contributed by atoms with Crippen molar-refractivity contribution in [2.75, 3.05) is 0 Å². The van der Waals surface area contributed by atoms with Gasteiger partial charge >= 0.3 is 0 Å². The van der Waals surface area contributed by atoms with Gasteiger partial charge in [-0.25, -0.2) is 0 Å². The van der Waals surface area contributed by atoms with Crippen molar-refractivity contribution in [1.82, 2.24) is 4.98 Å². The summed E-state index contributed by atoms with van der Waals surface area (Å²) in [5.41, 5.74) is 0.503. The van der Waals surface area contributed by atoms with Crippen molar-refractivity contribution >= 4 is 0 Å². The number of hydrogen-bond acceptors (Lipinski definition) is 2. The molecule has 0 saturated carbocycles. The number of nitrogens with one attached hydrogen (secondary N) is 1. The third-order valence-corrected chi connectivity index (χ3v) is 1.47. The molecule has 3 nitrogen and oxygen atoms in total. The van der Waals surface area contributed by atoms with E-state index in [9.17, 15) is 4.79 Å². The lowest BCUT2D eigenvalue weighted by Crippen LogP contribution is -2.07. The number of pyridine rings is 1. The molecule has 0 aliphatic rings. The molecule has 0 aliphatic carbocycles. The molecule has 1 aromatic rings. The summed E-state index contributed by atoms with van der Waals surface area (Å²) in [5, 5.41) is 9.02. The Morgan fingerprint density at radius 2 is 2.09 bits per heavy atom. The van der Waals surface area contributed by atoms with E-state index < -0.39 is 0 Å². The van der Waals surface area contributed by atoms with Crippen LogP contribution in [0.5, 0.6) is 5.75 Å². The summed E-state index contributed by atoms with van der Waals surface area (Å²) in [6.45, 7) is 3.90. The van der Waals surface area contributed by atoms with E-state index in [0.29, 0.717) is 0 Å². The van der Waals surface area contributed by atoms with Gasteiger partial charge in [0, 0.05) is 11.8 Å². The average Bonchev–Trinajstić information content (AvgIpc) is 1.85. The maximum atomic E-state index is 10.8. The molecule has 0 atom stereocenters. The highest BCUT2D eigenvalue weighted by Crippen LogP contribution is 2.13. The second-order valence-electron chi connectivity index (χ2n) is 2.81. The highest BCUT2D eigenvalue weighted by atomic mass is 16.3. The summed E-state index contributed by atoms with van der Waals surface area (Å²) in [6.07, 6.45) is 0. The van der Waals surface area contributed by atoms with Crippen molar-refractivity contribution in [1.29, 1.82) is 0 Å². The van der Waals surface area contributed by atoms with Crippen molar-refractivity contribution in [3.05, 3.63) is 28.2 Å². The minimum Gasteiger partial charge on any atom is -0.508 e. The van der Waals surface area contributed by atoms with Gasteiger partial charge in [-0.05, 0) is 12.0 Å². The molecular weight excluding hydrogens is 142 g/mol. The van der Waals surface area contributed by atoms with E-state index in [0.717, 1.165) is 11.8 Å². The molecule has 1 rings (SSSR count). The van der Waals surface area contributed by atoms with E-state index in [1.807, 2.05) is 13.8 Å². The fourth-order valence-electron chi connectivity index (χ4n) is 0.861. The molecule has 60 valence electrons. The van der Waals surface area contributed by atoms with Crippen LogP contribution in [0.4, 0.5) is 0 Å². The molecule has 3 heteroatoms. The van der Waals surface area contributed by atoms with E-state index in [2.05, 4.69) is 4.98 Å². The number of H-pyrrole nitrogens is 1. The van der Waals surface area contributed by atoms with E-state index in [-0.39, 0.29) is 17.2 Å². The first-order chi connectivity index (χ1) is 5.09. The Morgan fingerprint density at radius 1 is 1.45 bits per heavy atom. The molecule has 1 aromatic heterocycles. The van der Waals surface area contributed by atoms with E-state index >= 15 is 0 Å². The Balaban J connectivity index is 3.19. The molecule has 0 aliphatic heterocycles. The van der Waals surface area contributed by atoms with Crippen molar-refractivity contribution < 1.29 is 5.11 Å². The van der Waals surface area contributed by atoms with Gasteiger partial charge in [0.25, 0.3) is 5.56 Å². The zero-order valence-electron chi connectivity index (χ0n) is 6.59. The van der Waals surface area contributed by atoms with Gasteiger partial charge in [-0.2, -0.15) is 0 Å². The van der Waals surface area contributed by atoms with Gasteiger partial charge in [0.15, 0.2) is 0 Å². The third kappa shape index (κ3) is 1.83. The molecular formula is C8H11NO2. The van der Waals surface area contributed by atoms with E-state index in [1.54, 1.807) is 6.07 Å². The lowest BCUT2D eigenvalue weighted by molar-refractivity contribution is 0.472. The van der Waals surface area contributed by atoms with Crippen LogP contribution >= 0.6 is 0 Å². The Kier molecular flexibility index (Phi) is 1.98. The first-order valence-corrected chi connectivity index (χ1v) is 3.53. The number of aromatic hydroxyl groups is 1. The smallest absolute Gasteiger partial charge is 0.251 e. The zero-order valence-corrected chi connectivity index (χ0v) is 6.59. The molecule has 0 saturated heterocycles. The van der Waals surface area contributed by atoms with Gasteiger partial charge in [-0.3, -0.25) is 4.79 Å². The number of hydrogen-bond donors (Lipinski definition) is 2. The first kappa shape index (κ1) is 7.85. The summed E-state index contributed by atoms with van der Waals surface area (Å²) in [4.78, 5) is 13.4. The maximum absolute atomic E-state index is 10.8. The van der Waals surface area contributed by atoms with Gasteiger partial charge in [-0.15, -0.1) is 0 Å². The standard InChI is InChI=1S/C8H11NO2/c1-5(2)7-3-6(10)4-8(11)9-7/h3-5H,1-2H3,(H2,9,10,11). The molecule has 0 bridgehead atoms. The predicted molar refractivity (Wildman–Crippen MR) is 42.8 cm³/mol. The molecule has 0 spiro atoms. The average molecular weight is 153 g/mol. The van der Waals surface area contributed by atoms with Crippen LogP contribution in [0.2, 0.25) is 0 Å². The molecule has 0 unspecified atom stereocenters. The third-order valence-electron chi connectivity index (χ3n) is 1.47.